The Balaban J connectivity index is 1.66. The van der Waals surface area contributed by atoms with Crippen molar-refractivity contribution in [3.05, 3.63) is 86.7 Å². The highest BCUT2D eigenvalue weighted by molar-refractivity contribution is 5.94. The smallest absolute Gasteiger partial charge is 0.314 e. The first-order chi connectivity index (χ1) is 15.9. The number of piperidine rings is 1. The van der Waals surface area contributed by atoms with Gasteiger partial charge in [-0.05, 0) is 56.1 Å². The number of likely N-dealkylation sites (tertiary alicyclic amines) is 1. The molecule has 0 spiro atoms. The van der Waals surface area contributed by atoms with E-state index >= 15 is 0 Å². The molecular weight excluding hydrogens is 412 g/mol. The molecule has 0 radical (unpaired) electrons. The largest absolute Gasteiger partial charge is 0.330 e. The Morgan fingerprint density at radius 3 is 2.15 bits per heavy atom. The third-order valence-electron chi connectivity index (χ3n) is 6.83. The molecule has 0 amide bonds. The van der Waals surface area contributed by atoms with Gasteiger partial charge in [-0.25, -0.2) is 4.79 Å². The quantitative estimate of drug-likeness (QED) is 0.480. The van der Waals surface area contributed by atoms with E-state index in [1.807, 2.05) is 42.0 Å². The molecule has 3 heterocycles. The monoisotopic (exact) mass is 442 g/mol. The molecule has 6 heteroatoms. The molecule has 0 bridgehead atoms. The molecule has 1 fully saturated rings. The van der Waals surface area contributed by atoms with Crippen LogP contribution in [-0.2, 0) is 20.6 Å². The van der Waals surface area contributed by atoms with Crippen LogP contribution in [0, 0.1) is 6.92 Å². The second-order valence-corrected chi connectivity index (χ2v) is 9.18. The molecule has 0 unspecified atom stereocenters. The van der Waals surface area contributed by atoms with Crippen molar-refractivity contribution in [2.45, 2.75) is 32.7 Å². The highest BCUT2D eigenvalue weighted by atomic mass is 16.2. The molecule has 33 heavy (non-hydrogen) atoms. The summed E-state index contributed by atoms with van der Waals surface area (Å²) in [4.78, 5) is 28.3. The molecule has 6 nitrogen and oxygen atoms in total. The third-order valence-corrected chi connectivity index (χ3v) is 6.83. The lowest BCUT2D eigenvalue weighted by atomic mass is 10.1. The van der Waals surface area contributed by atoms with Gasteiger partial charge in [0.1, 0.15) is 0 Å². The molecule has 2 aromatic carbocycles. The number of aryl methyl sites for hydroxylation is 2. The van der Waals surface area contributed by atoms with Gasteiger partial charge >= 0.3 is 5.69 Å². The van der Waals surface area contributed by atoms with Crippen LogP contribution >= 0.6 is 0 Å². The molecule has 1 aliphatic heterocycles. The summed E-state index contributed by atoms with van der Waals surface area (Å²) in [5.41, 5.74) is 5.21. The van der Waals surface area contributed by atoms with Gasteiger partial charge in [-0.3, -0.25) is 18.8 Å². The first-order valence-corrected chi connectivity index (χ1v) is 11.6. The van der Waals surface area contributed by atoms with Gasteiger partial charge in [0.15, 0.2) is 0 Å². The number of nitrogens with zero attached hydrogens (tertiary/aromatic N) is 4. The van der Waals surface area contributed by atoms with Crippen molar-refractivity contribution in [2.24, 2.45) is 14.1 Å². The average molecular weight is 443 g/mol. The Labute approximate surface area is 193 Å². The number of hydrogen-bond donors (Lipinski definition) is 0. The lowest BCUT2D eigenvalue weighted by molar-refractivity contribution is 0.221. The van der Waals surface area contributed by atoms with Crippen molar-refractivity contribution in [2.75, 3.05) is 13.1 Å². The molecule has 5 rings (SSSR count). The van der Waals surface area contributed by atoms with Gasteiger partial charge < -0.3 is 4.57 Å². The number of hydrogen-bond acceptors (Lipinski definition) is 3. The van der Waals surface area contributed by atoms with E-state index in [4.69, 9.17) is 0 Å². The fraction of sp³-hybridized carbons (Fsp3) is 0.333. The van der Waals surface area contributed by atoms with Crippen molar-refractivity contribution in [3.8, 4) is 16.9 Å². The zero-order valence-electron chi connectivity index (χ0n) is 19.5. The summed E-state index contributed by atoms with van der Waals surface area (Å²) in [5, 5.41) is 0.556. The van der Waals surface area contributed by atoms with E-state index in [9.17, 15) is 9.59 Å². The van der Waals surface area contributed by atoms with Gasteiger partial charge in [0, 0.05) is 32.5 Å². The molecule has 0 N–H and O–H groups in total. The van der Waals surface area contributed by atoms with E-state index in [0.717, 1.165) is 29.1 Å². The Morgan fingerprint density at radius 1 is 0.818 bits per heavy atom. The van der Waals surface area contributed by atoms with Gasteiger partial charge in [-0.2, -0.15) is 0 Å². The third kappa shape index (κ3) is 3.85. The van der Waals surface area contributed by atoms with Gasteiger partial charge in [0.25, 0.3) is 5.56 Å². The van der Waals surface area contributed by atoms with E-state index < -0.39 is 0 Å². The Kier molecular flexibility index (Phi) is 5.54. The van der Waals surface area contributed by atoms with Crippen molar-refractivity contribution in [3.63, 3.8) is 0 Å². The van der Waals surface area contributed by atoms with Crippen LogP contribution in [-0.4, -0.2) is 31.7 Å². The fourth-order valence-corrected chi connectivity index (χ4v) is 4.88. The Bertz CT molecular complexity index is 1420. The van der Waals surface area contributed by atoms with Gasteiger partial charge in [0.2, 0.25) is 0 Å². The van der Waals surface area contributed by atoms with Crippen LogP contribution in [0.5, 0.6) is 0 Å². The second-order valence-electron chi connectivity index (χ2n) is 9.18. The lowest BCUT2D eigenvalue weighted by Gasteiger charge is -2.26. The van der Waals surface area contributed by atoms with Crippen LogP contribution in [0.25, 0.3) is 27.8 Å². The van der Waals surface area contributed by atoms with Crippen LogP contribution < -0.4 is 11.2 Å². The van der Waals surface area contributed by atoms with Crippen LogP contribution in [0.3, 0.4) is 0 Å². The minimum Gasteiger partial charge on any atom is -0.314 e. The highest BCUT2D eigenvalue weighted by Gasteiger charge is 2.20. The maximum atomic E-state index is 13.2. The molecule has 1 saturated heterocycles. The second kappa shape index (κ2) is 8.52. The zero-order valence-corrected chi connectivity index (χ0v) is 19.5. The average Bonchev–Trinajstić information content (AvgIpc) is 3.24. The number of benzene rings is 2. The van der Waals surface area contributed by atoms with E-state index in [1.54, 1.807) is 11.6 Å². The van der Waals surface area contributed by atoms with E-state index in [0.29, 0.717) is 10.9 Å². The van der Waals surface area contributed by atoms with Crippen LogP contribution in [0.1, 0.15) is 30.4 Å². The maximum absolute atomic E-state index is 13.2. The van der Waals surface area contributed by atoms with Crippen molar-refractivity contribution in [1.29, 1.82) is 0 Å². The molecule has 2 aromatic heterocycles. The summed E-state index contributed by atoms with van der Waals surface area (Å²) >= 11 is 0. The molecular formula is C27H30N4O2. The topological polar surface area (TPSA) is 52.2 Å². The SMILES string of the molecule is Cc1ccc(-c2c3c(=O)n(C)c(=O)n(C)c3cn2-c2ccc(CN3CCCCC3)cc2)cc1. The molecule has 0 atom stereocenters. The first-order valence-electron chi connectivity index (χ1n) is 11.6. The molecule has 0 saturated carbocycles. The number of aromatic nitrogens is 3. The predicted molar refractivity (Wildman–Crippen MR) is 133 cm³/mol. The normalized spacial score (nSPS) is 14.8. The lowest BCUT2D eigenvalue weighted by Crippen LogP contribution is -2.36. The van der Waals surface area contributed by atoms with Crippen LogP contribution in [0.15, 0.2) is 64.3 Å². The maximum Gasteiger partial charge on any atom is 0.330 e. The van der Waals surface area contributed by atoms with Crippen LogP contribution in [0.2, 0.25) is 0 Å². The van der Waals surface area contributed by atoms with Crippen LogP contribution in [0.4, 0.5) is 0 Å². The zero-order chi connectivity index (χ0) is 23.1. The molecule has 170 valence electrons. The van der Waals surface area contributed by atoms with Crippen molar-refractivity contribution >= 4 is 10.9 Å². The summed E-state index contributed by atoms with van der Waals surface area (Å²) in [7, 11) is 3.25. The van der Waals surface area contributed by atoms with Crippen molar-refractivity contribution < 1.29 is 0 Å². The van der Waals surface area contributed by atoms with E-state index in [2.05, 4.69) is 29.2 Å². The summed E-state index contributed by atoms with van der Waals surface area (Å²) in [6.45, 7) is 5.35. The molecule has 4 aromatic rings. The van der Waals surface area contributed by atoms with E-state index in [-0.39, 0.29) is 11.2 Å². The molecule has 0 aliphatic carbocycles. The van der Waals surface area contributed by atoms with Gasteiger partial charge in [0.05, 0.1) is 16.6 Å². The summed E-state index contributed by atoms with van der Waals surface area (Å²) in [6, 6.07) is 16.7. The van der Waals surface area contributed by atoms with Gasteiger partial charge in [-0.1, -0.05) is 48.4 Å². The first kappa shape index (κ1) is 21.5. The Morgan fingerprint density at radius 2 is 1.48 bits per heavy atom. The highest BCUT2D eigenvalue weighted by Crippen LogP contribution is 2.31. The fourth-order valence-electron chi connectivity index (χ4n) is 4.88. The summed E-state index contributed by atoms with van der Waals surface area (Å²) < 4.78 is 4.78. The standard InChI is InChI=1S/C27H30N4O2/c1-19-7-11-21(12-8-19)25-24-23(28(2)27(33)29(3)26(24)32)18-31(25)22-13-9-20(10-14-22)17-30-15-5-4-6-16-30/h7-14,18H,4-6,15-17H2,1-3H3. The van der Waals surface area contributed by atoms with Gasteiger partial charge in [-0.15, -0.1) is 0 Å². The van der Waals surface area contributed by atoms with E-state index in [1.165, 1.54) is 49.5 Å². The summed E-state index contributed by atoms with van der Waals surface area (Å²) in [5.74, 6) is 0. The van der Waals surface area contributed by atoms with Crippen molar-refractivity contribution in [1.82, 2.24) is 18.6 Å². The Hall–Kier alpha value is -3.38. The number of fused-ring (bicyclic) bond motifs is 1. The minimum atomic E-state index is -0.322. The number of rotatable bonds is 4. The summed E-state index contributed by atoms with van der Waals surface area (Å²) in [6.07, 6.45) is 5.80. The molecule has 1 aliphatic rings. The minimum absolute atomic E-state index is 0.274. The predicted octanol–water partition coefficient (Wildman–Crippen LogP) is 3.99.